The largest absolute Gasteiger partial charge is 0.480 e. The number of rotatable bonds is 5. The monoisotopic (exact) mass is 311 g/mol. The molecule has 1 aromatic rings. The van der Waals surface area contributed by atoms with E-state index in [0.717, 1.165) is 6.42 Å². The van der Waals surface area contributed by atoms with E-state index in [0.29, 0.717) is 26.2 Å². The Kier molecular flexibility index (Phi) is 5.58. The molecule has 1 aromatic heterocycles. The molecule has 1 unspecified atom stereocenters. The molecule has 7 heteroatoms. The molecular weight excluding hydrogens is 290 g/mol. The standard InChI is InChI=1S/C14H21N3O3S/c1-11(9-12-3-2-8-21-12)15-14(20)17-6-4-16(5-7-17)10-13(18)19/h2-3,8,11H,4-7,9-10H2,1H3,(H,15,20)(H,18,19). The van der Waals surface area contributed by atoms with E-state index < -0.39 is 5.97 Å². The van der Waals surface area contributed by atoms with Crippen LogP contribution in [0.1, 0.15) is 11.8 Å². The average Bonchev–Trinajstić information content (AvgIpc) is 2.91. The van der Waals surface area contributed by atoms with Crippen LogP contribution >= 0.6 is 11.3 Å². The first kappa shape index (κ1) is 15.8. The Morgan fingerprint density at radius 3 is 2.67 bits per heavy atom. The molecule has 2 heterocycles. The van der Waals surface area contributed by atoms with Crippen LogP contribution in [0.5, 0.6) is 0 Å². The molecule has 2 N–H and O–H groups in total. The lowest BCUT2D eigenvalue weighted by atomic mass is 10.2. The van der Waals surface area contributed by atoms with E-state index in [1.807, 2.05) is 23.3 Å². The maximum Gasteiger partial charge on any atom is 0.317 e. The van der Waals surface area contributed by atoms with Gasteiger partial charge in [-0.25, -0.2) is 4.79 Å². The van der Waals surface area contributed by atoms with Crippen LogP contribution < -0.4 is 5.32 Å². The smallest absolute Gasteiger partial charge is 0.317 e. The van der Waals surface area contributed by atoms with Gasteiger partial charge < -0.3 is 15.3 Å². The highest BCUT2D eigenvalue weighted by Gasteiger charge is 2.23. The summed E-state index contributed by atoms with van der Waals surface area (Å²) in [6.07, 6.45) is 0.836. The van der Waals surface area contributed by atoms with Crippen LogP contribution in [-0.4, -0.2) is 65.7 Å². The van der Waals surface area contributed by atoms with Gasteiger partial charge in [-0.2, -0.15) is 0 Å². The summed E-state index contributed by atoms with van der Waals surface area (Å²) in [5.41, 5.74) is 0. The average molecular weight is 311 g/mol. The number of urea groups is 1. The van der Waals surface area contributed by atoms with Gasteiger partial charge in [-0.3, -0.25) is 9.69 Å². The highest BCUT2D eigenvalue weighted by Crippen LogP contribution is 2.11. The van der Waals surface area contributed by atoms with E-state index in [1.165, 1.54) is 4.88 Å². The number of nitrogens with zero attached hydrogens (tertiary/aromatic N) is 2. The first-order valence-corrected chi connectivity index (χ1v) is 7.94. The lowest BCUT2D eigenvalue weighted by Gasteiger charge is -2.34. The van der Waals surface area contributed by atoms with Crippen molar-refractivity contribution in [3.05, 3.63) is 22.4 Å². The molecule has 1 fully saturated rings. The summed E-state index contributed by atoms with van der Waals surface area (Å²) < 4.78 is 0. The van der Waals surface area contributed by atoms with Gasteiger partial charge in [-0.05, 0) is 18.4 Å². The summed E-state index contributed by atoms with van der Waals surface area (Å²) in [6.45, 7) is 4.41. The Morgan fingerprint density at radius 2 is 2.10 bits per heavy atom. The summed E-state index contributed by atoms with van der Waals surface area (Å²) in [5, 5.41) is 13.8. The van der Waals surface area contributed by atoms with Gasteiger partial charge >= 0.3 is 12.0 Å². The lowest BCUT2D eigenvalue weighted by molar-refractivity contribution is -0.138. The summed E-state index contributed by atoms with van der Waals surface area (Å²) in [4.78, 5) is 27.7. The highest BCUT2D eigenvalue weighted by molar-refractivity contribution is 7.09. The summed E-state index contributed by atoms with van der Waals surface area (Å²) >= 11 is 1.69. The van der Waals surface area contributed by atoms with Crippen molar-refractivity contribution in [3.63, 3.8) is 0 Å². The molecule has 0 saturated carbocycles. The van der Waals surface area contributed by atoms with Crippen LogP contribution in [0.2, 0.25) is 0 Å². The zero-order valence-electron chi connectivity index (χ0n) is 12.1. The normalized spacial score (nSPS) is 17.5. The number of aliphatic carboxylic acids is 1. The number of carboxylic acids is 1. The lowest BCUT2D eigenvalue weighted by Crippen LogP contribution is -2.54. The van der Waals surface area contributed by atoms with Gasteiger partial charge in [0.1, 0.15) is 0 Å². The highest BCUT2D eigenvalue weighted by atomic mass is 32.1. The molecule has 2 amide bonds. The molecule has 0 aromatic carbocycles. The zero-order chi connectivity index (χ0) is 15.2. The minimum Gasteiger partial charge on any atom is -0.480 e. The maximum absolute atomic E-state index is 12.1. The van der Waals surface area contributed by atoms with Gasteiger partial charge in [0.2, 0.25) is 0 Å². The van der Waals surface area contributed by atoms with E-state index >= 15 is 0 Å². The van der Waals surface area contributed by atoms with Crippen molar-refractivity contribution in [2.24, 2.45) is 0 Å². The van der Waals surface area contributed by atoms with E-state index in [1.54, 1.807) is 16.2 Å². The summed E-state index contributed by atoms with van der Waals surface area (Å²) in [5.74, 6) is -0.822. The molecule has 0 radical (unpaired) electrons. The molecule has 2 rings (SSSR count). The third-order valence-electron chi connectivity index (χ3n) is 3.48. The molecule has 116 valence electrons. The predicted molar refractivity (Wildman–Crippen MR) is 81.7 cm³/mol. The molecule has 1 aliphatic rings. The molecule has 0 aliphatic carbocycles. The van der Waals surface area contributed by atoms with E-state index in [-0.39, 0.29) is 18.6 Å². The third kappa shape index (κ3) is 5.02. The Hall–Kier alpha value is -1.60. The van der Waals surface area contributed by atoms with Gasteiger partial charge in [-0.15, -0.1) is 11.3 Å². The van der Waals surface area contributed by atoms with Crippen molar-refractivity contribution in [2.45, 2.75) is 19.4 Å². The molecule has 6 nitrogen and oxygen atoms in total. The number of carbonyl (C=O) groups excluding carboxylic acids is 1. The number of carboxylic acid groups (broad SMARTS) is 1. The number of nitrogens with one attached hydrogen (secondary N) is 1. The zero-order valence-corrected chi connectivity index (χ0v) is 12.9. The number of hydrogen-bond donors (Lipinski definition) is 2. The minimum atomic E-state index is -0.822. The van der Waals surface area contributed by atoms with Crippen LogP contribution in [0, 0.1) is 0 Å². The summed E-state index contributed by atoms with van der Waals surface area (Å²) in [7, 11) is 0. The van der Waals surface area contributed by atoms with Gasteiger partial charge in [0.25, 0.3) is 0 Å². The second-order valence-electron chi connectivity index (χ2n) is 5.29. The first-order valence-electron chi connectivity index (χ1n) is 7.06. The van der Waals surface area contributed by atoms with Gasteiger partial charge in [0.05, 0.1) is 6.54 Å². The van der Waals surface area contributed by atoms with Crippen LogP contribution in [0.3, 0.4) is 0 Å². The molecule has 1 saturated heterocycles. The molecule has 0 spiro atoms. The first-order chi connectivity index (χ1) is 10.0. The van der Waals surface area contributed by atoms with E-state index in [4.69, 9.17) is 5.11 Å². The van der Waals surface area contributed by atoms with Crippen molar-refractivity contribution in [3.8, 4) is 0 Å². The van der Waals surface area contributed by atoms with Crippen LogP contribution in [0.4, 0.5) is 4.79 Å². The van der Waals surface area contributed by atoms with E-state index in [9.17, 15) is 9.59 Å². The SMILES string of the molecule is CC(Cc1cccs1)NC(=O)N1CCN(CC(=O)O)CC1. The van der Waals surface area contributed by atoms with Crippen molar-refractivity contribution < 1.29 is 14.7 Å². The van der Waals surface area contributed by atoms with Crippen LogP contribution in [-0.2, 0) is 11.2 Å². The van der Waals surface area contributed by atoms with Crippen LogP contribution in [0.25, 0.3) is 0 Å². The fourth-order valence-electron chi connectivity index (χ4n) is 2.38. The maximum atomic E-state index is 12.1. The number of hydrogen-bond acceptors (Lipinski definition) is 4. The number of carbonyl (C=O) groups is 2. The van der Waals surface area contributed by atoms with Crippen molar-refractivity contribution in [1.82, 2.24) is 15.1 Å². The number of piperazine rings is 1. The Bertz CT molecular complexity index is 470. The van der Waals surface area contributed by atoms with Gasteiger partial charge in [-0.1, -0.05) is 6.07 Å². The molecule has 1 aliphatic heterocycles. The molecule has 0 bridgehead atoms. The Labute approximate surface area is 128 Å². The molecule has 1 atom stereocenters. The third-order valence-corrected chi connectivity index (χ3v) is 4.37. The second kappa shape index (κ2) is 7.42. The fraction of sp³-hybridized carbons (Fsp3) is 0.571. The Balaban J connectivity index is 1.73. The Morgan fingerprint density at radius 1 is 1.38 bits per heavy atom. The topological polar surface area (TPSA) is 72.9 Å². The molecular formula is C14H21N3O3S. The van der Waals surface area contributed by atoms with E-state index in [2.05, 4.69) is 11.4 Å². The van der Waals surface area contributed by atoms with Crippen molar-refractivity contribution in [1.29, 1.82) is 0 Å². The predicted octanol–water partition coefficient (Wildman–Crippen LogP) is 1.09. The second-order valence-corrected chi connectivity index (χ2v) is 6.32. The summed E-state index contributed by atoms with van der Waals surface area (Å²) in [6, 6.07) is 4.11. The minimum absolute atomic E-state index is 0.0459. The number of thiophene rings is 1. The fourth-order valence-corrected chi connectivity index (χ4v) is 3.22. The van der Waals surface area contributed by atoms with Crippen molar-refractivity contribution >= 4 is 23.3 Å². The van der Waals surface area contributed by atoms with Gasteiger partial charge in [0.15, 0.2) is 0 Å². The number of amides is 2. The quantitative estimate of drug-likeness (QED) is 0.854. The van der Waals surface area contributed by atoms with Crippen LogP contribution in [0.15, 0.2) is 17.5 Å². The molecule has 21 heavy (non-hydrogen) atoms. The van der Waals surface area contributed by atoms with Gasteiger partial charge in [0, 0.05) is 43.5 Å². The van der Waals surface area contributed by atoms with Crippen molar-refractivity contribution in [2.75, 3.05) is 32.7 Å².